The summed E-state index contributed by atoms with van der Waals surface area (Å²) >= 11 is 0. The third kappa shape index (κ3) is 3.21. The van der Waals surface area contributed by atoms with Gasteiger partial charge in [-0.1, -0.05) is 26.7 Å². The van der Waals surface area contributed by atoms with E-state index < -0.39 is 0 Å². The summed E-state index contributed by atoms with van der Waals surface area (Å²) in [5, 5.41) is 4.26. The molecule has 1 aromatic heterocycles. The first-order valence-electron chi connectivity index (χ1n) is 5.22. The zero-order valence-electron chi connectivity index (χ0n) is 8.95. The minimum Gasteiger partial charge on any atom is -0.270 e. The summed E-state index contributed by atoms with van der Waals surface area (Å²) in [6.45, 7) is 7.75. The molecule has 1 atom stereocenters. The van der Waals surface area contributed by atoms with Crippen LogP contribution in [0.2, 0.25) is 0 Å². The van der Waals surface area contributed by atoms with Crippen molar-refractivity contribution < 1.29 is 0 Å². The molecule has 0 aliphatic heterocycles. The Kier molecular flexibility index (Phi) is 4.00. The molecule has 1 aromatic rings. The molecule has 2 heteroatoms. The van der Waals surface area contributed by atoms with E-state index in [0.29, 0.717) is 0 Å². The molecule has 0 saturated carbocycles. The normalized spacial score (nSPS) is 13.2. The number of aromatic nitrogens is 2. The van der Waals surface area contributed by atoms with E-state index in [9.17, 15) is 0 Å². The fourth-order valence-electron chi connectivity index (χ4n) is 1.61. The van der Waals surface area contributed by atoms with Gasteiger partial charge in [-0.2, -0.15) is 5.10 Å². The molecule has 1 unspecified atom stereocenters. The minimum absolute atomic E-state index is 0.827. The fraction of sp³-hybridized carbons (Fsp3) is 0.727. The van der Waals surface area contributed by atoms with Crippen LogP contribution in [-0.4, -0.2) is 9.78 Å². The van der Waals surface area contributed by atoms with Crippen molar-refractivity contribution >= 4 is 0 Å². The van der Waals surface area contributed by atoms with Gasteiger partial charge in [-0.25, -0.2) is 0 Å². The zero-order chi connectivity index (χ0) is 9.68. The van der Waals surface area contributed by atoms with Crippen LogP contribution in [0, 0.1) is 12.8 Å². The molecule has 0 radical (unpaired) electrons. The van der Waals surface area contributed by atoms with E-state index in [2.05, 4.69) is 36.6 Å². The van der Waals surface area contributed by atoms with Crippen molar-refractivity contribution in [2.45, 2.75) is 46.6 Å². The van der Waals surface area contributed by atoms with Gasteiger partial charge >= 0.3 is 0 Å². The average molecular weight is 180 g/mol. The van der Waals surface area contributed by atoms with Gasteiger partial charge in [-0.05, 0) is 25.3 Å². The van der Waals surface area contributed by atoms with E-state index in [-0.39, 0.29) is 0 Å². The van der Waals surface area contributed by atoms with Gasteiger partial charge in [0.2, 0.25) is 0 Å². The molecule has 0 amide bonds. The lowest BCUT2D eigenvalue weighted by Crippen LogP contribution is -2.06. The molecule has 0 bridgehead atoms. The Morgan fingerprint density at radius 2 is 2.23 bits per heavy atom. The summed E-state index contributed by atoms with van der Waals surface area (Å²) in [5.74, 6) is 0.827. The topological polar surface area (TPSA) is 17.8 Å². The third-order valence-corrected chi connectivity index (χ3v) is 2.54. The quantitative estimate of drug-likeness (QED) is 0.681. The van der Waals surface area contributed by atoms with Gasteiger partial charge in [0.15, 0.2) is 0 Å². The van der Waals surface area contributed by atoms with Gasteiger partial charge in [-0.3, -0.25) is 4.68 Å². The first kappa shape index (κ1) is 10.3. The lowest BCUT2D eigenvalue weighted by molar-refractivity contribution is 0.427. The van der Waals surface area contributed by atoms with Crippen molar-refractivity contribution in [2.24, 2.45) is 5.92 Å². The second kappa shape index (κ2) is 5.05. The molecule has 0 aromatic carbocycles. The van der Waals surface area contributed by atoms with Crippen LogP contribution >= 0.6 is 0 Å². The number of hydrogen-bond donors (Lipinski definition) is 0. The van der Waals surface area contributed by atoms with Gasteiger partial charge in [-0.15, -0.1) is 0 Å². The van der Waals surface area contributed by atoms with Crippen LogP contribution in [0.15, 0.2) is 12.3 Å². The predicted molar refractivity (Wildman–Crippen MR) is 55.7 cm³/mol. The molecule has 1 heterocycles. The summed E-state index contributed by atoms with van der Waals surface area (Å²) in [6, 6.07) is 2.06. The number of nitrogens with zero attached hydrogens (tertiary/aromatic N) is 2. The Balaban J connectivity index is 2.30. The number of hydrogen-bond acceptors (Lipinski definition) is 1. The summed E-state index contributed by atoms with van der Waals surface area (Å²) in [6.07, 6.45) is 5.75. The van der Waals surface area contributed by atoms with Gasteiger partial charge in [0.1, 0.15) is 0 Å². The standard InChI is InChI=1S/C11H20N2/c1-4-5-10(2)7-9-13-11(3)6-8-12-13/h6,8,10H,4-5,7,9H2,1-3H3. The lowest BCUT2D eigenvalue weighted by atomic mass is 10.0. The lowest BCUT2D eigenvalue weighted by Gasteiger charge is -2.10. The molecule has 0 aliphatic carbocycles. The SMILES string of the molecule is CCCC(C)CCn1nccc1C. The van der Waals surface area contributed by atoms with Crippen molar-refractivity contribution in [3.8, 4) is 0 Å². The number of aryl methyl sites for hydroxylation is 2. The van der Waals surface area contributed by atoms with Crippen LogP contribution < -0.4 is 0 Å². The second-order valence-corrected chi connectivity index (χ2v) is 3.88. The second-order valence-electron chi connectivity index (χ2n) is 3.88. The third-order valence-electron chi connectivity index (χ3n) is 2.54. The average Bonchev–Trinajstić information content (AvgIpc) is 2.48. The smallest absolute Gasteiger partial charge is 0.0492 e. The van der Waals surface area contributed by atoms with E-state index >= 15 is 0 Å². The fourth-order valence-corrected chi connectivity index (χ4v) is 1.61. The highest BCUT2D eigenvalue weighted by Gasteiger charge is 2.02. The van der Waals surface area contributed by atoms with E-state index in [1.165, 1.54) is 25.0 Å². The predicted octanol–water partition coefficient (Wildman–Crippen LogP) is 3.02. The molecule has 74 valence electrons. The maximum absolute atomic E-state index is 4.26. The van der Waals surface area contributed by atoms with Gasteiger partial charge in [0.05, 0.1) is 0 Å². The summed E-state index contributed by atoms with van der Waals surface area (Å²) < 4.78 is 2.09. The first-order chi connectivity index (χ1) is 6.24. The van der Waals surface area contributed by atoms with Crippen LogP contribution in [0.1, 0.15) is 38.8 Å². The minimum atomic E-state index is 0.827. The van der Waals surface area contributed by atoms with Crippen molar-refractivity contribution in [1.29, 1.82) is 0 Å². The Morgan fingerprint density at radius 1 is 1.46 bits per heavy atom. The van der Waals surface area contributed by atoms with E-state index in [0.717, 1.165) is 12.5 Å². The highest BCUT2D eigenvalue weighted by Crippen LogP contribution is 2.11. The molecule has 1 rings (SSSR count). The van der Waals surface area contributed by atoms with Crippen molar-refractivity contribution in [3.05, 3.63) is 18.0 Å². The molecular weight excluding hydrogens is 160 g/mol. The van der Waals surface area contributed by atoms with Gasteiger partial charge < -0.3 is 0 Å². The first-order valence-corrected chi connectivity index (χ1v) is 5.22. The van der Waals surface area contributed by atoms with Crippen LogP contribution in [0.5, 0.6) is 0 Å². The number of rotatable bonds is 5. The molecule has 0 spiro atoms. The summed E-state index contributed by atoms with van der Waals surface area (Å²) in [4.78, 5) is 0. The van der Waals surface area contributed by atoms with Gasteiger partial charge in [0, 0.05) is 18.4 Å². The summed E-state index contributed by atoms with van der Waals surface area (Å²) in [7, 11) is 0. The molecular formula is C11H20N2. The van der Waals surface area contributed by atoms with Crippen LogP contribution in [0.25, 0.3) is 0 Å². The molecule has 0 saturated heterocycles. The highest BCUT2D eigenvalue weighted by atomic mass is 15.3. The highest BCUT2D eigenvalue weighted by molar-refractivity contribution is 4.96. The zero-order valence-corrected chi connectivity index (χ0v) is 8.95. The molecule has 0 fully saturated rings. The maximum atomic E-state index is 4.26. The maximum Gasteiger partial charge on any atom is 0.0492 e. The Labute approximate surface area is 81.0 Å². The molecule has 0 N–H and O–H groups in total. The van der Waals surface area contributed by atoms with E-state index in [1.54, 1.807) is 0 Å². The molecule has 2 nitrogen and oxygen atoms in total. The van der Waals surface area contributed by atoms with Crippen molar-refractivity contribution in [1.82, 2.24) is 9.78 Å². The monoisotopic (exact) mass is 180 g/mol. The van der Waals surface area contributed by atoms with E-state index in [1.807, 2.05) is 6.20 Å². The largest absolute Gasteiger partial charge is 0.270 e. The molecule has 13 heavy (non-hydrogen) atoms. The molecule has 0 aliphatic rings. The van der Waals surface area contributed by atoms with Crippen LogP contribution in [-0.2, 0) is 6.54 Å². The Morgan fingerprint density at radius 3 is 2.77 bits per heavy atom. The van der Waals surface area contributed by atoms with Crippen LogP contribution in [0.3, 0.4) is 0 Å². The van der Waals surface area contributed by atoms with Crippen molar-refractivity contribution in [3.63, 3.8) is 0 Å². The van der Waals surface area contributed by atoms with Crippen molar-refractivity contribution in [2.75, 3.05) is 0 Å². The van der Waals surface area contributed by atoms with E-state index in [4.69, 9.17) is 0 Å². The Hall–Kier alpha value is -0.790. The summed E-state index contributed by atoms with van der Waals surface area (Å²) in [5.41, 5.74) is 1.27. The Bertz CT molecular complexity index is 240. The van der Waals surface area contributed by atoms with Gasteiger partial charge in [0.25, 0.3) is 0 Å². The van der Waals surface area contributed by atoms with Crippen LogP contribution in [0.4, 0.5) is 0 Å².